The van der Waals surface area contributed by atoms with Crippen molar-refractivity contribution in [2.75, 3.05) is 21.7 Å². The largest absolute Gasteiger partial charge is 0.350 e. The molecule has 5 heteroatoms. The summed E-state index contributed by atoms with van der Waals surface area (Å²) in [4.78, 5) is 31.1. The molecule has 2 heterocycles. The highest BCUT2D eigenvalue weighted by Crippen LogP contribution is 2.49. The molecule has 1 atom stereocenters. The van der Waals surface area contributed by atoms with Gasteiger partial charge in [-0.25, -0.2) is 0 Å². The first-order chi connectivity index (χ1) is 14.6. The van der Waals surface area contributed by atoms with Crippen molar-refractivity contribution >= 4 is 28.9 Å². The molecule has 0 saturated carbocycles. The molecular weight excluding hydrogens is 374 g/mol. The molecule has 5 nitrogen and oxygen atoms in total. The van der Waals surface area contributed by atoms with Gasteiger partial charge in [0, 0.05) is 23.5 Å². The molecule has 150 valence electrons. The summed E-state index contributed by atoms with van der Waals surface area (Å²) in [5.41, 5.74) is 3.41. The highest BCUT2D eigenvalue weighted by molar-refractivity contribution is 6.22. The number of amides is 2. The highest BCUT2D eigenvalue weighted by atomic mass is 16.2. The number of aryl methyl sites for hydroxylation is 1. The van der Waals surface area contributed by atoms with Crippen molar-refractivity contribution in [3.05, 3.63) is 89.5 Å². The third-order valence-electron chi connectivity index (χ3n) is 6.07. The summed E-state index contributed by atoms with van der Waals surface area (Å²) in [6.45, 7) is 4.57. The van der Waals surface area contributed by atoms with Gasteiger partial charge in [-0.1, -0.05) is 49.4 Å². The van der Waals surface area contributed by atoms with Crippen LogP contribution in [0, 0.1) is 0 Å². The van der Waals surface area contributed by atoms with E-state index in [0.717, 1.165) is 17.7 Å². The van der Waals surface area contributed by atoms with Crippen LogP contribution in [0.2, 0.25) is 0 Å². The normalized spacial score (nSPS) is 19.7. The molecule has 2 aliphatic heterocycles. The zero-order chi connectivity index (χ0) is 20.9. The van der Waals surface area contributed by atoms with Gasteiger partial charge >= 0.3 is 0 Å². The van der Waals surface area contributed by atoms with Gasteiger partial charge in [-0.2, -0.15) is 0 Å². The van der Waals surface area contributed by atoms with Crippen LogP contribution in [0.4, 0.5) is 17.1 Å². The van der Waals surface area contributed by atoms with Gasteiger partial charge in [0.2, 0.25) is 5.66 Å². The minimum atomic E-state index is -1.31. The lowest BCUT2D eigenvalue weighted by molar-refractivity contribution is -0.122. The fraction of sp³-hybridized carbons (Fsp3) is 0.200. The molecule has 2 amide bonds. The Morgan fingerprint density at radius 1 is 0.867 bits per heavy atom. The molecule has 30 heavy (non-hydrogen) atoms. The Kier molecular flexibility index (Phi) is 4.13. The second kappa shape index (κ2) is 6.73. The number of nitrogens with one attached hydrogen (secondary N) is 1. The van der Waals surface area contributed by atoms with Gasteiger partial charge in [-0.05, 0) is 49.2 Å². The molecule has 5 rings (SSSR count). The van der Waals surface area contributed by atoms with E-state index in [1.807, 2.05) is 73.7 Å². The first kappa shape index (κ1) is 18.4. The number of anilines is 3. The van der Waals surface area contributed by atoms with Crippen molar-refractivity contribution in [1.29, 1.82) is 0 Å². The number of likely N-dealkylation sites (N-methyl/N-ethyl adjacent to an activating group) is 1. The molecular formula is C25H23N3O2. The van der Waals surface area contributed by atoms with Gasteiger partial charge in [0.15, 0.2) is 0 Å². The van der Waals surface area contributed by atoms with Crippen molar-refractivity contribution in [3.8, 4) is 0 Å². The summed E-state index contributed by atoms with van der Waals surface area (Å²) >= 11 is 0. The van der Waals surface area contributed by atoms with E-state index in [-0.39, 0.29) is 11.8 Å². The molecule has 0 aromatic heterocycles. The van der Waals surface area contributed by atoms with Crippen LogP contribution < -0.4 is 15.1 Å². The number of para-hydroxylation sites is 2. The minimum absolute atomic E-state index is 0.145. The highest BCUT2D eigenvalue weighted by Gasteiger charge is 2.59. The number of hydrogen-bond donors (Lipinski definition) is 1. The van der Waals surface area contributed by atoms with Crippen LogP contribution >= 0.6 is 0 Å². The number of fused-ring (bicyclic) bond motifs is 3. The molecule has 1 spiro atoms. The number of rotatable bonds is 3. The molecule has 3 aromatic carbocycles. The summed E-state index contributed by atoms with van der Waals surface area (Å²) in [6, 6.07) is 23.0. The smallest absolute Gasteiger partial charge is 0.279 e. The maximum Gasteiger partial charge on any atom is 0.279 e. The van der Waals surface area contributed by atoms with E-state index >= 15 is 0 Å². The molecule has 0 bridgehead atoms. The van der Waals surface area contributed by atoms with E-state index in [4.69, 9.17) is 0 Å². The molecule has 0 unspecified atom stereocenters. The van der Waals surface area contributed by atoms with Crippen molar-refractivity contribution in [1.82, 2.24) is 0 Å². The Hall–Kier alpha value is -3.60. The van der Waals surface area contributed by atoms with Crippen LogP contribution in [-0.2, 0) is 16.9 Å². The minimum Gasteiger partial charge on any atom is -0.350 e. The quantitative estimate of drug-likeness (QED) is 0.706. The van der Waals surface area contributed by atoms with Crippen LogP contribution in [0.1, 0.15) is 35.3 Å². The molecule has 3 aromatic rings. The molecule has 2 aliphatic rings. The second-order valence-corrected chi connectivity index (χ2v) is 7.61. The average molecular weight is 397 g/mol. The first-order valence-corrected chi connectivity index (χ1v) is 10.3. The monoisotopic (exact) mass is 397 g/mol. The Labute approximate surface area is 175 Å². The van der Waals surface area contributed by atoms with Gasteiger partial charge in [0.1, 0.15) is 0 Å². The van der Waals surface area contributed by atoms with E-state index in [9.17, 15) is 9.59 Å². The second-order valence-electron chi connectivity index (χ2n) is 7.61. The Bertz CT molecular complexity index is 1160. The summed E-state index contributed by atoms with van der Waals surface area (Å²) in [7, 11) is 0. The lowest BCUT2D eigenvalue weighted by Crippen LogP contribution is -2.63. The van der Waals surface area contributed by atoms with Crippen molar-refractivity contribution in [2.45, 2.75) is 25.9 Å². The summed E-state index contributed by atoms with van der Waals surface area (Å²) in [6.07, 6.45) is 0.909. The van der Waals surface area contributed by atoms with Crippen LogP contribution in [0.3, 0.4) is 0 Å². The lowest BCUT2D eigenvalue weighted by Gasteiger charge is -2.45. The molecule has 0 saturated heterocycles. The van der Waals surface area contributed by atoms with Crippen LogP contribution in [0.5, 0.6) is 0 Å². The summed E-state index contributed by atoms with van der Waals surface area (Å²) in [5, 5.41) is 3.46. The standard InChI is InChI=1S/C25H23N3O2/c1-3-17-13-15-18(16-14-17)28-23(29)19-9-5-7-11-21(19)26-25(28)20-10-6-8-12-22(20)27(4-2)24(25)30/h5-16,26H,3-4H2,1-2H3/t25-/m1/s1. The maximum atomic E-state index is 13.9. The predicted molar refractivity (Wildman–Crippen MR) is 119 cm³/mol. The van der Waals surface area contributed by atoms with Gasteiger partial charge in [-0.15, -0.1) is 0 Å². The zero-order valence-electron chi connectivity index (χ0n) is 17.1. The van der Waals surface area contributed by atoms with Crippen LogP contribution in [0.25, 0.3) is 0 Å². The number of benzene rings is 3. The van der Waals surface area contributed by atoms with Gasteiger partial charge in [-0.3, -0.25) is 14.5 Å². The maximum absolute atomic E-state index is 13.9. The molecule has 0 radical (unpaired) electrons. The zero-order valence-corrected chi connectivity index (χ0v) is 17.1. The Balaban J connectivity index is 1.80. The fourth-order valence-electron chi connectivity index (χ4n) is 4.58. The average Bonchev–Trinajstić information content (AvgIpc) is 3.02. The first-order valence-electron chi connectivity index (χ1n) is 10.3. The van der Waals surface area contributed by atoms with E-state index in [0.29, 0.717) is 23.5 Å². The summed E-state index contributed by atoms with van der Waals surface area (Å²) < 4.78 is 0. The molecule has 0 aliphatic carbocycles. The van der Waals surface area contributed by atoms with Crippen LogP contribution in [0.15, 0.2) is 72.8 Å². The Morgan fingerprint density at radius 2 is 1.57 bits per heavy atom. The van der Waals surface area contributed by atoms with Crippen LogP contribution in [-0.4, -0.2) is 18.4 Å². The van der Waals surface area contributed by atoms with E-state index in [1.54, 1.807) is 15.9 Å². The van der Waals surface area contributed by atoms with Crippen molar-refractivity contribution in [3.63, 3.8) is 0 Å². The topological polar surface area (TPSA) is 52.7 Å². The van der Waals surface area contributed by atoms with Crippen molar-refractivity contribution < 1.29 is 9.59 Å². The number of carbonyl (C=O) groups excluding carboxylic acids is 2. The lowest BCUT2D eigenvalue weighted by atomic mass is 9.92. The molecule has 0 fully saturated rings. The fourth-order valence-corrected chi connectivity index (χ4v) is 4.58. The summed E-state index contributed by atoms with van der Waals surface area (Å²) in [5.74, 6) is -0.330. The van der Waals surface area contributed by atoms with E-state index < -0.39 is 5.66 Å². The third-order valence-corrected chi connectivity index (χ3v) is 6.07. The Morgan fingerprint density at radius 3 is 2.30 bits per heavy atom. The number of carbonyl (C=O) groups is 2. The molecule has 1 N–H and O–H groups in total. The van der Waals surface area contributed by atoms with E-state index in [1.165, 1.54) is 5.56 Å². The third kappa shape index (κ3) is 2.35. The van der Waals surface area contributed by atoms with Gasteiger partial charge in [0.05, 0.1) is 11.3 Å². The van der Waals surface area contributed by atoms with Gasteiger partial charge < -0.3 is 10.2 Å². The van der Waals surface area contributed by atoms with Gasteiger partial charge in [0.25, 0.3) is 11.8 Å². The number of nitrogens with zero attached hydrogens (tertiary/aromatic N) is 2. The number of hydrogen-bond acceptors (Lipinski definition) is 3. The van der Waals surface area contributed by atoms with E-state index in [2.05, 4.69) is 12.2 Å². The SMILES string of the molecule is CCc1ccc(N2C(=O)c3ccccc3N[C@@]23C(=O)N(CC)c2ccccc23)cc1. The predicted octanol–water partition coefficient (Wildman–Crippen LogP) is 4.54. The van der Waals surface area contributed by atoms with Crippen molar-refractivity contribution in [2.24, 2.45) is 0 Å².